The zero-order chi connectivity index (χ0) is 29.4. The van der Waals surface area contributed by atoms with Crippen molar-refractivity contribution in [1.29, 1.82) is 0 Å². The van der Waals surface area contributed by atoms with Crippen molar-refractivity contribution in [3.63, 3.8) is 0 Å². The molecule has 2 aromatic rings. The molecule has 6 amide bonds. The number of rotatable bonds is 9. The summed E-state index contributed by atoms with van der Waals surface area (Å²) in [5.74, 6) is -2.76. The first-order chi connectivity index (χ1) is 19.6. The number of carbonyl (C=O) groups excluding carboxylic acids is 6. The minimum absolute atomic E-state index is 0.0512. The molecule has 13 heteroatoms. The second-order valence-corrected chi connectivity index (χ2v) is 12.6. The first-order valence-corrected chi connectivity index (χ1v) is 14.9. The van der Waals surface area contributed by atoms with Gasteiger partial charge in [-0.05, 0) is 72.7 Å². The highest BCUT2D eigenvalue weighted by Gasteiger charge is 2.44. The van der Waals surface area contributed by atoms with E-state index in [9.17, 15) is 28.8 Å². The van der Waals surface area contributed by atoms with E-state index in [-0.39, 0.29) is 42.3 Å². The SMILES string of the molecule is CNC(=O)C(c1nc(Br)sc1C)N(CCCc1ccc2c(c1)C(=O)N(C1CCC(=O)NC1=O)C2=O)C(=O)C1=CCC1. The Hall–Kier alpha value is -3.71. The van der Waals surface area contributed by atoms with E-state index in [2.05, 4.69) is 31.5 Å². The summed E-state index contributed by atoms with van der Waals surface area (Å²) in [6.45, 7) is 2.12. The molecule has 2 unspecified atom stereocenters. The topological polar surface area (TPSA) is 146 Å². The molecule has 1 aromatic carbocycles. The number of carbonyl (C=O) groups is 6. The first-order valence-electron chi connectivity index (χ1n) is 13.3. The lowest BCUT2D eigenvalue weighted by molar-refractivity contribution is -0.138. The predicted molar refractivity (Wildman–Crippen MR) is 152 cm³/mol. The normalized spacial score (nSPS) is 18.9. The van der Waals surface area contributed by atoms with Crippen LogP contribution in [0.15, 0.2) is 33.8 Å². The summed E-state index contributed by atoms with van der Waals surface area (Å²) >= 11 is 4.78. The Morgan fingerprint density at radius 1 is 1.20 bits per heavy atom. The maximum Gasteiger partial charge on any atom is 0.262 e. The molecule has 0 radical (unpaired) electrons. The molecular weight excluding hydrogens is 614 g/mol. The van der Waals surface area contributed by atoms with E-state index >= 15 is 0 Å². The largest absolute Gasteiger partial charge is 0.357 e. The number of imide groups is 2. The van der Waals surface area contributed by atoms with Crippen molar-refractivity contribution < 1.29 is 28.8 Å². The first kappa shape index (κ1) is 28.8. The number of halogens is 1. The van der Waals surface area contributed by atoms with Crippen LogP contribution in [0, 0.1) is 6.92 Å². The number of aromatic nitrogens is 1. The molecule has 1 aromatic heterocycles. The smallest absolute Gasteiger partial charge is 0.262 e. The zero-order valence-electron chi connectivity index (χ0n) is 22.5. The molecule has 0 bridgehead atoms. The average Bonchev–Trinajstić information content (AvgIpc) is 3.36. The minimum atomic E-state index is -1.03. The summed E-state index contributed by atoms with van der Waals surface area (Å²) in [5, 5.41) is 4.86. The lowest BCUT2D eigenvalue weighted by atomic mass is 9.96. The maximum atomic E-state index is 13.5. The molecule has 214 valence electrons. The van der Waals surface area contributed by atoms with Crippen molar-refractivity contribution in [2.24, 2.45) is 0 Å². The van der Waals surface area contributed by atoms with Gasteiger partial charge >= 0.3 is 0 Å². The van der Waals surface area contributed by atoms with Gasteiger partial charge in [0, 0.05) is 30.5 Å². The number of fused-ring (bicyclic) bond motifs is 1. The Morgan fingerprint density at radius 3 is 2.54 bits per heavy atom. The third-order valence-corrected chi connectivity index (χ3v) is 9.02. The second kappa shape index (κ2) is 11.6. The maximum absolute atomic E-state index is 13.5. The number of piperidine rings is 1. The Kier molecular flexibility index (Phi) is 8.18. The number of hydrogen-bond donors (Lipinski definition) is 2. The quantitative estimate of drug-likeness (QED) is 0.400. The molecule has 2 atom stereocenters. The Labute approximate surface area is 248 Å². The molecule has 3 heterocycles. The number of amides is 6. The fraction of sp³-hybridized carbons (Fsp3) is 0.393. The lowest BCUT2D eigenvalue weighted by Gasteiger charge is -2.32. The molecule has 2 N–H and O–H groups in total. The van der Waals surface area contributed by atoms with Crippen LogP contribution < -0.4 is 10.6 Å². The van der Waals surface area contributed by atoms with Crippen LogP contribution in [0.1, 0.15) is 75.0 Å². The van der Waals surface area contributed by atoms with Gasteiger partial charge in [-0.15, -0.1) is 11.3 Å². The molecular formula is C28H28BrN5O6S. The van der Waals surface area contributed by atoms with E-state index in [0.29, 0.717) is 34.4 Å². The van der Waals surface area contributed by atoms with Gasteiger partial charge in [0.1, 0.15) is 6.04 Å². The van der Waals surface area contributed by atoms with Crippen LogP contribution in [-0.4, -0.2) is 69.9 Å². The van der Waals surface area contributed by atoms with E-state index in [1.165, 1.54) is 18.4 Å². The van der Waals surface area contributed by atoms with E-state index in [4.69, 9.17) is 0 Å². The second-order valence-electron chi connectivity index (χ2n) is 10.1. The number of benzene rings is 1. The van der Waals surface area contributed by atoms with Crippen molar-refractivity contribution in [3.05, 3.63) is 61.0 Å². The third kappa shape index (κ3) is 5.47. The Morgan fingerprint density at radius 2 is 1.93 bits per heavy atom. The van der Waals surface area contributed by atoms with E-state index < -0.39 is 35.7 Å². The van der Waals surface area contributed by atoms with Crippen LogP contribution >= 0.6 is 27.3 Å². The molecule has 41 heavy (non-hydrogen) atoms. The zero-order valence-corrected chi connectivity index (χ0v) is 24.9. The summed E-state index contributed by atoms with van der Waals surface area (Å²) in [4.78, 5) is 84.4. The number of likely N-dealkylation sites (N-methyl/N-ethyl adjacent to an activating group) is 1. The van der Waals surface area contributed by atoms with Gasteiger partial charge < -0.3 is 10.2 Å². The molecule has 0 spiro atoms. The molecule has 0 saturated carbocycles. The number of aryl methyl sites for hydroxylation is 2. The van der Waals surface area contributed by atoms with Crippen molar-refractivity contribution in [3.8, 4) is 0 Å². The van der Waals surface area contributed by atoms with E-state index in [0.717, 1.165) is 21.8 Å². The van der Waals surface area contributed by atoms with Crippen molar-refractivity contribution in [1.82, 2.24) is 25.4 Å². The number of allylic oxidation sites excluding steroid dienone is 1. The Bertz CT molecular complexity index is 1520. The summed E-state index contributed by atoms with van der Waals surface area (Å²) < 4.78 is 0.623. The summed E-state index contributed by atoms with van der Waals surface area (Å²) in [6.07, 6.45) is 4.43. The number of hydrogen-bond acceptors (Lipinski definition) is 8. The van der Waals surface area contributed by atoms with Gasteiger partial charge in [0.25, 0.3) is 11.8 Å². The monoisotopic (exact) mass is 641 g/mol. The predicted octanol–water partition coefficient (Wildman–Crippen LogP) is 2.58. The number of thiazole rings is 1. The van der Waals surface area contributed by atoms with Crippen LogP contribution in [0.2, 0.25) is 0 Å². The fourth-order valence-electron chi connectivity index (χ4n) is 5.32. The van der Waals surface area contributed by atoms with Crippen LogP contribution in [0.25, 0.3) is 0 Å². The van der Waals surface area contributed by atoms with Gasteiger partial charge in [-0.1, -0.05) is 12.1 Å². The van der Waals surface area contributed by atoms with Gasteiger partial charge in [0.15, 0.2) is 9.96 Å². The van der Waals surface area contributed by atoms with Crippen molar-refractivity contribution in [2.75, 3.05) is 13.6 Å². The van der Waals surface area contributed by atoms with Crippen molar-refractivity contribution >= 4 is 62.7 Å². The van der Waals surface area contributed by atoms with Gasteiger partial charge in [-0.2, -0.15) is 0 Å². The highest BCUT2D eigenvalue weighted by molar-refractivity contribution is 9.11. The van der Waals surface area contributed by atoms with E-state index in [1.807, 2.05) is 13.0 Å². The van der Waals surface area contributed by atoms with Crippen LogP contribution in [-0.2, 0) is 25.6 Å². The summed E-state index contributed by atoms with van der Waals surface area (Å²) in [7, 11) is 1.53. The van der Waals surface area contributed by atoms with Crippen LogP contribution in [0.5, 0.6) is 0 Å². The van der Waals surface area contributed by atoms with E-state index in [1.54, 1.807) is 23.1 Å². The van der Waals surface area contributed by atoms with Crippen LogP contribution in [0.4, 0.5) is 0 Å². The average molecular weight is 643 g/mol. The van der Waals surface area contributed by atoms with Crippen LogP contribution in [0.3, 0.4) is 0 Å². The van der Waals surface area contributed by atoms with Gasteiger partial charge in [0.05, 0.1) is 16.8 Å². The molecule has 1 aliphatic carbocycles. The molecule has 1 saturated heterocycles. The van der Waals surface area contributed by atoms with Crippen molar-refractivity contribution in [2.45, 2.75) is 57.5 Å². The fourth-order valence-corrected chi connectivity index (χ4v) is 6.90. The highest BCUT2D eigenvalue weighted by atomic mass is 79.9. The number of nitrogens with zero attached hydrogens (tertiary/aromatic N) is 3. The molecule has 5 rings (SSSR count). The molecule has 11 nitrogen and oxygen atoms in total. The molecule has 2 aliphatic heterocycles. The molecule has 1 fully saturated rings. The standard InChI is InChI=1S/C28H28BrN5O6S/c1-14-21(32-28(29)41-14)22(24(37)30-2)33(25(38)16-6-3-7-16)12-4-5-15-8-9-17-18(13-15)27(40)34(26(17)39)19-10-11-20(35)31-23(19)36/h6,8-9,13,19,22H,3-5,7,10-12H2,1-2H3,(H,30,37)(H,31,35,36). The Balaban J connectivity index is 1.34. The summed E-state index contributed by atoms with van der Waals surface area (Å²) in [6, 6.07) is 3.02. The molecule has 3 aliphatic rings. The minimum Gasteiger partial charge on any atom is -0.357 e. The van der Waals surface area contributed by atoms with Gasteiger partial charge in [-0.3, -0.25) is 39.0 Å². The summed E-state index contributed by atoms with van der Waals surface area (Å²) in [5.41, 5.74) is 2.37. The lowest BCUT2D eigenvalue weighted by Crippen LogP contribution is -2.54. The van der Waals surface area contributed by atoms with Gasteiger partial charge in [-0.25, -0.2) is 4.98 Å². The highest BCUT2D eigenvalue weighted by Crippen LogP contribution is 2.33. The van der Waals surface area contributed by atoms with Gasteiger partial charge in [0.2, 0.25) is 23.6 Å². The third-order valence-electron chi connectivity index (χ3n) is 7.58. The number of nitrogens with one attached hydrogen (secondary N) is 2.